The van der Waals surface area contributed by atoms with E-state index in [1.807, 2.05) is 38.5 Å². The number of carbonyl (C=O) groups excluding carboxylic acids is 1. The first-order valence-corrected chi connectivity index (χ1v) is 15.0. The standard InChI is InChI=1S/C36H28FN7O4/c1-38-18-22-5-3-6-23(17-22)30-31-34(39-21-40-35(31)48-32(30)24-19-41-43(2)20-24)47-28-14-10-26(11-15-28)42-33(45)29-7-4-16-44(36(29)46)27-12-8-25(37)9-13-27/h3-17,19-21,38H,18H2,1-2H3,(H,42,45). The lowest BCUT2D eigenvalue weighted by molar-refractivity contribution is 0.102. The number of fused-ring (bicyclic) bond motifs is 1. The summed E-state index contributed by atoms with van der Waals surface area (Å²) >= 11 is 0. The van der Waals surface area contributed by atoms with Crippen molar-refractivity contribution in [1.82, 2.24) is 29.6 Å². The zero-order chi connectivity index (χ0) is 33.2. The number of furan rings is 1. The van der Waals surface area contributed by atoms with Crippen LogP contribution >= 0.6 is 0 Å². The molecule has 0 aliphatic carbocycles. The number of halogens is 1. The second-order valence-corrected chi connectivity index (χ2v) is 11.0. The normalized spacial score (nSPS) is 11.1. The summed E-state index contributed by atoms with van der Waals surface area (Å²) < 4.78 is 29.0. The van der Waals surface area contributed by atoms with Crippen LogP contribution in [0.5, 0.6) is 11.6 Å². The fraction of sp³-hybridized carbons (Fsp3) is 0.0833. The van der Waals surface area contributed by atoms with Crippen molar-refractivity contribution >= 4 is 22.7 Å². The Balaban J connectivity index is 1.18. The van der Waals surface area contributed by atoms with Gasteiger partial charge in [0.05, 0.1) is 11.8 Å². The fourth-order valence-electron chi connectivity index (χ4n) is 5.43. The van der Waals surface area contributed by atoms with Gasteiger partial charge >= 0.3 is 0 Å². The van der Waals surface area contributed by atoms with Crippen LogP contribution < -0.4 is 20.9 Å². The molecule has 0 unspecified atom stereocenters. The smallest absolute Gasteiger partial charge is 0.267 e. The van der Waals surface area contributed by atoms with E-state index in [4.69, 9.17) is 9.15 Å². The van der Waals surface area contributed by atoms with Gasteiger partial charge in [-0.2, -0.15) is 5.10 Å². The number of ether oxygens (including phenoxy) is 1. The number of pyridine rings is 1. The maximum atomic E-state index is 13.4. The topological polar surface area (TPSA) is 129 Å². The number of hydrogen-bond donors (Lipinski definition) is 2. The van der Waals surface area contributed by atoms with E-state index in [0.29, 0.717) is 40.5 Å². The Morgan fingerprint density at radius 2 is 1.79 bits per heavy atom. The van der Waals surface area contributed by atoms with E-state index < -0.39 is 17.3 Å². The first-order chi connectivity index (χ1) is 23.4. The quantitative estimate of drug-likeness (QED) is 0.187. The van der Waals surface area contributed by atoms with Gasteiger partial charge in [0.15, 0.2) is 0 Å². The van der Waals surface area contributed by atoms with Gasteiger partial charge in [-0.3, -0.25) is 18.8 Å². The van der Waals surface area contributed by atoms with E-state index in [2.05, 4.69) is 31.8 Å². The molecular formula is C36H28FN7O4. The second kappa shape index (κ2) is 12.8. The Morgan fingerprint density at radius 3 is 2.54 bits per heavy atom. The third-order valence-electron chi connectivity index (χ3n) is 7.64. The van der Waals surface area contributed by atoms with Crippen LogP contribution in [0.3, 0.4) is 0 Å². The molecule has 7 aromatic rings. The molecule has 238 valence electrons. The number of aromatic nitrogens is 5. The monoisotopic (exact) mass is 641 g/mol. The van der Waals surface area contributed by atoms with Crippen molar-refractivity contribution in [2.75, 3.05) is 12.4 Å². The predicted molar refractivity (Wildman–Crippen MR) is 179 cm³/mol. The highest BCUT2D eigenvalue weighted by molar-refractivity contribution is 6.04. The van der Waals surface area contributed by atoms with E-state index in [0.717, 1.165) is 22.3 Å². The van der Waals surface area contributed by atoms with Gasteiger partial charge in [-0.15, -0.1) is 0 Å². The Morgan fingerprint density at radius 1 is 0.979 bits per heavy atom. The van der Waals surface area contributed by atoms with Crippen molar-refractivity contribution in [3.05, 3.63) is 137 Å². The minimum Gasteiger partial charge on any atom is -0.438 e. The number of rotatable bonds is 9. The average Bonchev–Trinajstić information content (AvgIpc) is 3.71. The van der Waals surface area contributed by atoms with E-state index in [1.165, 1.54) is 47.4 Å². The molecule has 0 radical (unpaired) electrons. The van der Waals surface area contributed by atoms with Gasteiger partial charge in [0.2, 0.25) is 11.6 Å². The molecule has 2 N–H and O–H groups in total. The van der Waals surface area contributed by atoms with Crippen LogP contribution in [-0.4, -0.2) is 37.3 Å². The summed E-state index contributed by atoms with van der Waals surface area (Å²) in [6, 6.07) is 23.2. The summed E-state index contributed by atoms with van der Waals surface area (Å²) in [6.07, 6.45) is 6.50. The highest BCUT2D eigenvalue weighted by Crippen LogP contribution is 2.44. The first-order valence-electron chi connectivity index (χ1n) is 15.0. The zero-order valence-electron chi connectivity index (χ0n) is 25.8. The van der Waals surface area contributed by atoms with Crippen LogP contribution in [0.1, 0.15) is 15.9 Å². The Hall–Kier alpha value is -6.40. The van der Waals surface area contributed by atoms with Gasteiger partial charge in [-0.25, -0.2) is 14.4 Å². The number of carbonyl (C=O) groups is 1. The molecule has 0 aliphatic heterocycles. The molecule has 12 heteroatoms. The van der Waals surface area contributed by atoms with Gasteiger partial charge in [0.25, 0.3) is 11.5 Å². The zero-order valence-corrected chi connectivity index (χ0v) is 25.8. The number of nitrogens with zero attached hydrogens (tertiary/aromatic N) is 5. The molecule has 48 heavy (non-hydrogen) atoms. The summed E-state index contributed by atoms with van der Waals surface area (Å²) in [4.78, 5) is 35.1. The van der Waals surface area contributed by atoms with Crippen LogP contribution in [0.2, 0.25) is 0 Å². The molecule has 0 spiro atoms. The summed E-state index contributed by atoms with van der Waals surface area (Å²) in [6.45, 7) is 0.684. The van der Waals surface area contributed by atoms with Crippen LogP contribution in [-0.2, 0) is 13.6 Å². The lowest BCUT2D eigenvalue weighted by Gasteiger charge is -2.10. The number of amides is 1. The van der Waals surface area contributed by atoms with E-state index in [1.54, 1.807) is 41.2 Å². The molecule has 0 atom stereocenters. The van der Waals surface area contributed by atoms with E-state index in [-0.39, 0.29) is 11.4 Å². The van der Waals surface area contributed by atoms with Gasteiger partial charge in [-0.1, -0.05) is 18.2 Å². The Labute approximate surface area is 273 Å². The summed E-state index contributed by atoms with van der Waals surface area (Å²) in [7, 11) is 3.73. The van der Waals surface area contributed by atoms with Gasteiger partial charge in [0.1, 0.15) is 34.6 Å². The maximum absolute atomic E-state index is 13.4. The number of aryl methyl sites for hydroxylation is 1. The van der Waals surface area contributed by atoms with Crippen molar-refractivity contribution < 1.29 is 18.3 Å². The SMILES string of the molecule is CNCc1cccc(-c2c(-c3cnn(C)c3)oc3ncnc(Oc4ccc(NC(=O)c5cccn(-c6ccc(F)cc6)c5=O)cc4)c23)c1. The van der Waals surface area contributed by atoms with Crippen LogP contribution in [0.15, 0.2) is 119 Å². The number of nitrogens with one attached hydrogen (secondary N) is 2. The summed E-state index contributed by atoms with van der Waals surface area (Å²) in [5.41, 5.74) is 4.17. The first kappa shape index (κ1) is 30.3. The van der Waals surface area contributed by atoms with E-state index >= 15 is 0 Å². The Bertz CT molecular complexity index is 2330. The van der Waals surface area contributed by atoms with Crippen molar-refractivity contribution in [3.63, 3.8) is 0 Å². The van der Waals surface area contributed by atoms with E-state index in [9.17, 15) is 14.0 Å². The van der Waals surface area contributed by atoms with Crippen molar-refractivity contribution in [1.29, 1.82) is 0 Å². The highest BCUT2D eigenvalue weighted by Gasteiger charge is 2.24. The molecule has 4 aromatic heterocycles. The maximum Gasteiger partial charge on any atom is 0.267 e. The van der Waals surface area contributed by atoms with Crippen LogP contribution in [0.25, 0.3) is 39.2 Å². The molecule has 0 saturated heterocycles. The molecule has 0 fully saturated rings. The molecule has 7 rings (SSSR count). The third kappa shape index (κ3) is 5.95. The third-order valence-corrected chi connectivity index (χ3v) is 7.64. The van der Waals surface area contributed by atoms with Gasteiger partial charge < -0.3 is 19.8 Å². The number of benzene rings is 3. The lowest BCUT2D eigenvalue weighted by Crippen LogP contribution is -2.27. The molecular weight excluding hydrogens is 613 g/mol. The van der Waals surface area contributed by atoms with Gasteiger partial charge in [0, 0.05) is 42.9 Å². The highest BCUT2D eigenvalue weighted by atomic mass is 19.1. The molecule has 3 aromatic carbocycles. The molecule has 0 saturated carbocycles. The predicted octanol–water partition coefficient (Wildman–Crippen LogP) is 6.34. The van der Waals surface area contributed by atoms with Crippen molar-refractivity contribution in [3.8, 4) is 39.8 Å². The molecule has 0 bridgehead atoms. The van der Waals surface area contributed by atoms with Crippen molar-refractivity contribution in [2.45, 2.75) is 6.54 Å². The molecule has 4 heterocycles. The molecule has 0 aliphatic rings. The van der Waals surface area contributed by atoms with Crippen LogP contribution in [0.4, 0.5) is 10.1 Å². The minimum absolute atomic E-state index is 0.0683. The van der Waals surface area contributed by atoms with Crippen molar-refractivity contribution in [2.24, 2.45) is 7.05 Å². The van der Waals surface area contributed by atoms with Crippen LogP contribution in [0, 0.1) is 5.82 Å². The Kier molecular flexibility index (Phi) is 8.05. The molecule has 1 amide bonds. The molecule has 11 nitrogen and oxygen atoms in total. The lowest BCUT2D eigenvalue weighted by atomic mass is 9.99. The summed E-state index contributed by atoms with van der Waals surface area (Å²) in [5.74, 6) is 0.309. The number of hydrogen-bond acceptors (Lipinski definition) is 8. The average molecular weight is 642 g/mol. The fourth-order valence-corrected chi connectivity index (χ4v) is 5.43. The van der Waals surface area contributed by atoms with Gasteiger partial charge in [-0.05, 0) is 84.9 Å². The summed E-state index contributed by atoms with van der Waals surface area (Å²) in [5, 5.41) is 10.9. The number of anilines is 1. The minimum atomic E-state index is -0.589. The largest absolute Gasteiger partial charge is 0.438 e. The second-order valence-electron chi connectivity index (χ2n) is 11.0.